The third-order valence-electron chi connectivity index (χ3n) is 3.82. The Hall–Kier alpha value is -1.89. The van der Waals surface area contributed by atoms with E-state index in [1.807, 2.05) is 0 Å². The third-order valence-corrected chi connectivity index (χ3v) is 4.81. The molecule has 1 aromatic rings. The van der Waals surface area contributed by atoms with Gasteiger partial charge in [0, 0.05) is 19.5 Å². The van der Waals surface area contributed by atoms with Crippen molar-refractivity contribution < 1.29 is 19.5 Å². The van der Waals surface area contributed by atoms with Crippen LogP contribution in [0.4, 0.5) is 5.00 Å². The number of nitrogens with zero attached hydrogens (tertiary/aromatic N) is 1. The number of rotatable bonds is 5. The standard InChI is InChI=1S/C14H16N2O4S/c17-12-5-9(7-16(12)6-8-1-2-8)13(18)15-11-4-3-10(21-11)14(19)20/h3-4,8-9H,1-2,5-7H2,(H,15,18)(H,19,20). The van der Waals surface area contributed by atoms with Gasteiger partial charge in [-0.15, -0.1) is 11.3 Å². The molecule has 1 atom stereocenters. The van der Waals surface area contributed by atoms with Gasteiger partial charge >= 0.3 is 5.97 Å². The predicted molar refractivity (Wildman–Crippen MR) is 77.3 cm³/mol. The van der Waals surface area contributed by atoms with Crippen LogP contribution in [0.2, 0.25) is 0 Å². The largest absolute Gasteiger partial charge is 0.477 e. The van der Waals surface area contributed by atoms with Crippen LogP contribution in [0.15, 0.2) is 12.1 Å². The first-order valence-corrected chi connectivity index (χ1v) is 7.76. The molecule has 1 aromatic heterocycles. The van der Waals surface area contributed by atoms with Crippen molar-refractivity contribution in [1.82, 2.24) is 4.90 Å². The van der Waals surface area contributed by atoms with Crippen LogP contribution in [0.25, 0.3) is 0 Å². The SMILES string of the molecule is O=C(O)c1ccc(NC(=O)C2CC(=O)N(CC3CC3)C2)s1. The summed E-state index contributed by atoms with van der Waals surface area (Å²) in [5, 5.41) is 12.1. The molecule has 1 unspecified atom stereocenters. The number of nitrogens with one attached hydrogen (secondary N) is 1. The van der Waals surface area contributed by atoms with Gasteiger partial charge in [0.15, 0.2) is 0 Å². The molecule has 2 N–H and O–H groups in total. The number of carboxylic acids is 1. The number of hydrogen-bond acceptors (Lipinski definition) is 4. The van der Waals surface area contributed by atoms with Crippen LogP contribution in [-0.2, 0) is 9.59 Å². The van der Waals surface area contributed by atoms with E-state index in [2.05, 4.69) is 5.32 Å². The molecule has 112 valence electrons. The lowest BCUT2D eigenvalue weighted by Gasteiger charge is -2.15. The number of carboxylic acid groups (broad SMARTS) is 1. The summed E-state index contributed by atoms with van der Waals surface area (Å²) in [6.07, 6.45) is 2.59. The predicted octanol–water partition coefficient (Wildman–Crippen LogP) is 1.64. The highest BCUT2D eigenvalue weighted by Crippen LogP contribution is 2.32. The molecule has 6 nitrogen and oxygen atoms in total. The van der Waals surface area contributed by atoms with E-state index in [4.69, 9.17) is 5.11 Å². The zero-order valence-electron chi connectivity index (χ0n) is 11.4. The third kappa shape index (κ3) is 3.24. The Morgan fingerprint density at radius 3 is 2.76 bits per heavy atom. The van der Waals surface area contributed by atoms with E-state index in [-0.39, 0.29) is 29.0 Å². The molecule has 1 aliphatic heterocycles. The minimum absolute atomic E-state index is 0.0412. The molecule has 1 saturated carbocycles. The summed E-state index contributed by atoms with van der Waals surface area (Å²) in [6, 6.07) is 3.03. The summed E-state index contributed by atoms with van der Waals surface area (Å²) in [5.41, 5.74) is 0. The topological polar surface area (TPSA) is 86.7 Å². The summed E-state index contributed by atoms with van der Waals surface area (Å²) >= 11 is 1.02. The Labute approximate surface area is 125 Å². The summed E-state index contributed by atoms with van der Waals surface area (Å²) in [4.78, 5) is 36.8. The van der Waals surface area contributed by atoms with E-state index in [0.29, 0.717) is 17.5 Å². The molecule has 2 fully saturated rings. The Morgan fingerprint density at radius 2 is 2.14 bits per heavy atom. The monoisotopic (exact) mass is 308 g/mol. The van der Waals surface area contributed by atoms with E-state index >= 15 is 0 Å². The molecular formula is C14H16N2O4S. The number of likely N-dealkylation sites (tertiary alicyclic amines) is 1. The molecule has 1 saturated heterocycles. The maximum Gasteiger partial charge on any atom is 0.345 e. The van der Waals surface area contributed by atoms with Crippen LogP contribution in [0.1, 0.15) is 28.9 Å². The number of carbonyl (C=O) groups excluding carboxylic acids is 2. The maximum atomic E-state index is 12.2. The van der Waals surface area contributed by atoms with Gasteiger partial charge in [-0.2, -0.15) is 0 Å². The Bertz CT molecular complexity index is 594. The fraction of sp³-hybridized carbons (Fsp3) is 0.500. The summed E-state index contributed by atoms with van der Waals surface area (Å²) < 4.78 is 0. The summed E-state index contributed by atoms with van der Waals surface area (Å²) in [5.74, 6) is -0.898. The second-order valence-electron chi connectivity index (χ2n) is 5.60. The smallest absolute Gasteiger partial charge is 0.345 e. The van der Waals surface area contributed by atoms with E-state index < -0.39 is 5.97 Å². The average Bonchev–Trinajstić information content (AvgIpc) is 2.98. The molecule has 0 spiro atoms. The Morgan fingerprint density at radius 1 is 1.38 bits per heavy atom. The van der Waals surface area contributed by atoms with Crippen molar-refractivity contribution in [3.05, 3.63) is 17.0 Å². The minimum Gasteiger partial charge on any atom is -0.477 e. The number of carbonyl (C=O) groups is 3. The van der Waals surface area contributed by atoms with Gasteiger partial charge in [-0.1, -0.05) is 0 Å². The number of thiophene rings is 1. The minimum atomic E-state index is -1.01. The highest BCUT2D eigenvalue weighted by molar-refractivity contribution is 7.18. The second-order valence-corrected chi connectivity index (χ2v) is 6.69. The molecule has 21 heavy (non-hydrogen) atoms. The highest BCUT2D eigenvalue weighted by atomic mass is 32.1. The molecule has 0 bridgehead atoms. The van der Waals surface area contributed by atoms with Crippen molar-refractivity contribution in [3.8, 4) is 0 Å². The van der Waals surface area contributed by atoms with Gasteiger partial charge in [0.05, 0.1) is 10.9 Å². The number of aromatic carboxylic acids is 1. The first kappa shape index (κ1) is 14.1. The van der Waals surface area contributed by atoms with Gasteiger partial charge in [-0.05, 0) is 30.9 Å². The van der Waals surface area contributed by atoms with Crippen molar-refractivity contribution in [2.75, 3.05) is 18.4 Å². The average molecular weight is 308 g/mol. The Balaban J connectivity index is 1.57. The highest BCUT2D eigenvalue weighted by Gasteiger charge is 2.37. The zero-order valence-corrected chi connectivity index (χ0v) is 12.2. The first-order valence-electron chi connectivity index (χ1n) is 6.94. The van der Waals surface area contributed by atoms with Crippen LogP contribution >= 0.6 is 11.3 Å². The first-order chi connectivity index (χ1) is 10.0. The molecule has 0 radical (unpaired) electrons. The normalized spacial score (nSPS) is 21.6. The fourth-order valence-electron chi connectivity index (χ4n) is 2.48. The lowest BCUT2D eigenvalue weighted by Crippen LogP contribution is -2.29. The molecule has 2 amide bonds. The lowest BCUT2D eigenvalue weighted by atomic mass is 10.1. The molecular weight excluding hydrogens is 292 g/mol. The van der Waals surface area contributed by atoms with Gasteiger partial charge in [0.2, 0.25) is 11.8 Å². The maximum absolute atomic E-state index is 12.2. The van der Waals surface area contributed by atoms with Gasteiger partial charge in [-0.3, -0.25) is 9.59 Å². The fourth-order valence-corrected chi connectivity index (χ4v) is 3.23. The quantitative estimate of drug-likeness (QED) is 0.866. The zero-order chi connectivity index (χ0) is 15.0. The van der Waals surface area contributed by atoms with Crippen molar-refractivity contribution in [3.63, 3.8) is 0 Å². The van der Waals surface area contributed by atoms with E-state index in [0.717, 1.165) is 17.9 Å². The van der Waals surface area contributed by atoms with Gasteiger partial charge in [0.25, 0.3) is 0 Å². The van der Waals surface area contributed by atoms with E-state index in [1.165, 1.54) is 18.9 Å². The van der Waals surface area contributed by atoms with Crippen molar-refractivity contribution >= 4 is 34.1 Å². The summed E-state index contributed by atoms with van der Waals surface area (Å²) in [6.45, 7) is 1.24. The van der Waals surface area contributed by atoms with Crippen molar-refractivity contribution in [1.29, 1.82) is 0 Å². The van der Waals surface area contributed by atoms with Crippen LogP contribution in [-0.4, -0.2) is 40.9 Å². The number of hydrogen-bond donors (Lipinski definition) is 2. The molecule has 2 aliphatic rings. The van der Waals surface area contributed by atoms with Crippen LogP contribution in [0, 0.1) is 11.8 Å². The lowest BCUT2D eigenvalue weighted by molar-refractivity contribution is -0.128. The molecule has 7 heteroatoms. The van der Waals surface area contributed by atoms with Gasteiger partial charge < -0.3 is 15.3 Å². The molecule has 2 heterocycles. The second kappa shape index (κ2) is 5.48. The number of amides is 2. The summed E-state index contributed by atoms with van der Waals surface area (Å²) in [7, 11) is 0. The van der Waals surface area contributed by atoms with Crippen molar-refractivity contribution in [2.45, 2.75) is 19.3 Å². The van der Waals surface area contributed by atoms with Crippen LogP contribution in [0.3, 0.4) is 0 Å². The Kier molecular flexibility index (Phi) is 3.67. The molecule has 1 aliphatic carbocycles. The van der Waals surface area contributed by atoms with Crippen LogP contribution in [0.5, 0.6) is 0 Å². The van der Waals surface area contributed by atoms with E-state index in [1.54, 1.807) is 11.0 Å². The van der Waals surface area contributed by atoms with Crippen molar-refractivity contribution in [2.24, 2.45) is 11.8 Å². The van der Waals surface area contributed by atoms with E-state index in [9.17, 15) is 14.4 Å². The van der Waals surface area contributed by atoms with Gasteiger partial charge in [0.1, 0.15) is 4.88 Å². The number of anilines is 1. The molecule has 3 rings (SSSR count). The molecule has 0 aromatic carbocycles. The van der Waals surface area contributed by atoms with Crippen LogP contribution < -0.4 is 5.32 Å². The van der Waals surface area contributed by atoms with Gasteiger partial charge in [-0.25, -0.2) is 4.79 Å².